The highest BCUT2D eigenvalue weighted by Gasteiger charge is 2.39. The lowest BCUT2D eigenvalue weighted by molar-refractivity contribution is -0.385. The van der Waals surface area contributed by atoms with E-state index in [1.165, 1.54) is 18.2 Å². The lowest BCUT2D eigenvalue weighted by atomic mass is 9.82. The monoisotopic (exact) mass is 324 g/mol. The third-order valence-electron chi connectivity index (χ3n) is 4.05. The molecule has 0 fully saturated rings. The number of aliphatic hydroxyl groups is 1. The first-order chi connectivity index (χ1) is 11.6. The largest absolute Gasteiger partial charge is 0.508 e. The zero-order chi connectivity index (χ0) is 17.2. The third kappa shape index (κ3) is 2.68. The average Bonchev–Trinajstić information content (AvgIpc) is 3.01. The third-order valence-corrected chi connectivity index (χ3v) is 4.05. The van der Waals surface area contributed by atoms with Gasteiger partial charge in [0.1, 0.15) is 11.3 Å². The van der Waals surface area contributed by atoms with Crippen molar-refractivity contribution in [2.24, 2.45) is 4.99 Å². The van der Waals surface area contributed by atoms with Gasteiger partial charge in [0.05, 0.1) is 10.5 Å². The Morgan fingerprint density at radius 2 is 1.83 bits per heavy atom. The molecule has 0 saturated heterocycles. The lowest BCUT2D eigenvalue weighted by Crippen LogP contribution is -2.22. The summed E-state index contributed by atoms with van der Waals surface area (Å²) in [6.07, 6.45) is 3.89. The van der Waals surface area contributed by atoms with Crippen LogP contribution >= 0.6 is 0 Å². The SMILES string of the molecule is O=[N+]([O-])c1ccccc1C1(c2ccc(O)cc2)C=C(CCO)C=N1. The Hall–Kier alpha value is -2.99. The predicted molar refractivity (Wildman–Crippen MR) is 90.3 cm³/mol. The number of benzene rings is 2. The molecule has 6 nitrogen and oxygen atoms in total. The number of para-hydroxylation sites is 1. The van der Waals surface area contributed by atoms with Crippen molar-refractivity contribution in [3.63, 3.8) is 0 Å². The fourth-order valence-corrected chi connectivity index (χ4v) is 2.92. The molecule has 1 aliphatic heterocycles. The van der Waals surface area contributed by atoms with Crippen LogP contribution in [0.15, 0.2) is 65.2 Å². The van der Waals surface area contributed by atoms with Crippen LogP contribution in [0.4, 0.5) is 5.69 Å². The summed E-state index contributed by atoms with van der Waals surface area (Å²) in [6.45, 7) is -0.0274. The molecule has 0 amide bonds. The molecule has 2 aromatic rings. The van der Waals surface area contributed by atoms with Crippen LogP contribution in [-0.2, 0) is 5.54 Å². The number of nitrogens with zero attached hydrogens (tertiary/aromatic N) is 2. The van der Waals surface area contributed by atoms with Gasteiger partial charge in [-0.3, -0.25) is 15.1 Å². The number of rotatable bonds is 5. The number of aromatic hydroxyl groups is 1. The van der Waals surface area contributed by atoms with Gasteiger partial charge in [0, 0.05) is 18.9 Å². The summed E-state index contributed by atoms with van der Waals surface area (Å²) in [5.74, 6) is 0.109. The Balaban J connectivity index is 2.24. The standard InChI is InChI=1S/C18H16N2O4/c21-10-9-13-11-18(19-12-13,14-5-7-15(22)8-6-14)16-3-1-2-4-17(16)20(23)24/h1-8,11-12,21-22H,9-10H2. The van der Waals surface area contributed by atoms with Crippen LogP contribution in [0.1, 0.15) is 17.5 Å². The highest BCUT2D eigenvalue weighted by molar-refractivity contribution is 5.84. The zero-order valence-corrected chi connectivity index (χ0v) is 12.8. The van der Waals surface area contributed by atoms with E-state index in [9.17, 15) is 20.3 Å². The van der Waals surface area contributed by atoms with Crippen molar-refractivity contribution < 1.29 is 15.1 Å². The van der Waals surface area contributed by atoms with Crippen molar-refractivity contribution in [2.45, 2.75) is 12.0 Å². The molecule has 0 aromatic heterocycles. The maximum Gasteiger partial charge on any atom is 0.275 e. The van der Waals surface area contributed by atoms with Crippen LogP contribution in [0, 0.1) is 10.1 Å². The van der Waals surface area contributed by atoms with Gasteiger partial charge in [-0.2, -0.15) is 0 Å². The van der Waals surface area contributed by atoms with E-state index in [1.54, 1.807) is 36.5 Å². The van der Waals surface area contributed by atoms with Crippen LogP contribution in [-0.4, -0.2) is 28.0 Å². The predicted octanol–water partition coefficient (Wildman–Crippen LogP) is 2.94. The number of hydrogen-bond donors (Lipinski definition) is 2. The summed E-state index contributed by atoms with van der Waals surface area (Å²) in [7, 11) is 0. The smallest absolute Gasteiger partial charge is 0.275 e. The van der Waals surface area contributed by atoms with Gasteiger partial charge in [-0.15, -0.1) is 0 Å². The van der Waals surface area contributed by atoms with E-state index in [0.29, 0.717) is 17.5 Å². The number of phenolic OH excluding ortho intramolecular Hbond substituents is 1. The second kappa shape index (κ2) is 6.25. The van der Waals surface area contributed by atoms with E-state index in [4.69, 9.17) is 0 Å². The van der Waals surface area contributed by atoms with Crippen molar-refractivity contribution in [1.82, 2.24) is 0 Å². The molecule has 24 heavy (non-hydrogen) atoms. The van der Waals surface area contributed by atoms with E-state index in [1.807, 2.05) is 6.08 Å². The maximum absolute atomic E-state index is 11.5. The Bertz CT molecular complexity index is 827. The van der Waals surface area contributed by atoms with E-state index in [2.05, 4.69) is 4.99 Å². The fourth-order valence-electron chi connectivity index (χ4n) is 2.92. The Kier molecular flexibility index (Phi) is 4.14. The van der Waals surface area contributed by atoms with Crippen molar-refractivity contribution in [3.05, 3.63) is 81.4 Å². The van der Waals surface area contributed by atoms with Gasteiger partial charge in [0.15, 0.2) is 0 Å². The van der Waals surface area contributed by atoms with E-state index in [0.717, 1.165) is 5.57 Å². The molecule has 3 rings (SSSR count). The topological polar surface area (TPSA) is 96.0 Å². The summed E-state index contributed by atoms with van der Waals surface area (Å²) < 4.78 is 0. The van der Waals surface area contributed by atoms with Gasteiger partial charge in [0.25, 0.3) is 5.69 Å². The number of aliphatic imine (C=N–C) groups is 1. The van der Waals surface area contributed by atoms with Gasteiger partial charge in [-0.25, -0.2) is 0 Å². The number of nitro benzene ring substituents is 1. The highest BCUT2D eigenvalue weighted by Crippen LogP contribution is 2.43. The normalized spacial score (nSPS) is 19.3. The molecule has 0 radical (unpaired) electrons. The van der Waals surface area contributed by atoms with Crippen LogP contribution in [0.25, 0.3) is 0 Å². The quantitative estimate of drug-likeness (QED) is 0.653. The molecule has 122 valence electrons. The molecule has 0 aliphatic carbocycles. The van der Waals surface area contributed by atoms with Crippen molar-refractivity contribution in [2.75, 3.05) is 6.61 Å². The van der Waals surface area contributed by atoms with Gasteiger partial charge < -0.3 is 10.2 Å². The Labute approximate surface area is 138 Å². The van der Waals surface area contributed by atoms with E-state index >= 15 is 0 Å². The molecule has 2 aromatic carbocycles. The minimum absolute atomic E-state index is 0.0239. The van der Waals surface area contributed by atoms with E-state index in [-0.39, 0.29) is 18.0 Å². The number of phenols is 1. The molecule has 0 spiro atoms. The minimum atomic E-state index is -1.04. The molecule has 2 N–H and O–H groups in total. The molecule has 1 unspecified atom stereocenters. The molecular formula is C18H16N2O4. The van der Waals surface area contributed by atoms with E-state index < -0.39 is 10.5 Å². The molecular weight excluding hydrogens is 308 g/mol. The molecule has 6 heteroatoms. The van der Waals surface area contributed by atoms with Crippen LogP contribution in [0.5, 0.6) is 5.75 Å². The molecule has 1 heterocycles. The fraction of sp³-hybridized carbons (Fsp3) is 0.167. The number of nitro groups is 1. The second-order valence-electron chi connectivity index (χ2n) is 5.54. The van der Waals surface area contributed by atoms with Gasteiger partial charge in [-0.05, 0) is 41.8 Å². The summed E-state index contributed by atoms with van der Waals surface area (Å²) in [4.78, 5) is 15.6. The summed E-state index contributed by atoms with van der Waals surface area (Å²) in [5, 5.41) is 30.2. The lowest BCUT2D eigenvalue weighted by Gasteiger charge is -2.25. The highest BCUT2D eigenvalue weighted by atomic mass is 16.6. The first-order valence-electron chi connectivity index (χ1n) is 7.48. The maximum atomic E-state index is 11.5. The van der Waals surface area contributed by atoms with Crippen molar-refractivity contribution in [3.8, 4) is 5.75 Å². The Morgan fingerprint density at radius 3 is 2.50 bits per heavy atom. The first kappa shape index (κ1) is 15.9. The number of aliphatic hydroxyl groups excluding tert-OH is 1. The average molecular weight is 324 g/mol. The minimum Gasteiger partial charge on any atom is -0.508 e. The Morgan fingerprint density at radius 1 is 1.12 bits per heavy atom. The van der Waals surface area contributed by atoms with Crippen LogP contribution in [0.3, 0.4) is 0 Å². The second-order valence-corrected chi connectivity index (χ2v) is 5.54. The molecule has 0 bridgehead atoms. The van der Waals surface area contributed by atoms with Gasteiger partial charge in [0.2, 0.25) is 0 Å². The molecule has 0 saturated carbocycles. The molecule has 1 aliphatic rings. The molecule has 1 atom stereocenters. The summed E-state index contributed by atoms with van der Waals surface area (Å²) in [6, 6.07) is 12.9. The van der Waals surface area contributed by atoms with Gasteiger partial charge >= 0.3 is 0 Å². The summed E-state index contributed by atoms with van der Waals surface area (Å²) >= 11 is 0. The van der Waals surface area contributed by atoms with Crippen molar-refractivity contribution in [1.29, 1.82) is 0 Å². The number of hydrogen-bond acceptors (Lipinski definition) is 5. The van der Waals surface area contributed by atoms with Crippen LogP contribution < -0.4 is 0 Å². The summed E-state index contributed by atoms with van der Waals surface area (Å²) in [5.41, 5.74) is 0.901. The van der Waals surface area contributed by atoms with Crippen LogP contribution in [0.2, 0.25) is 0 Å². The van der Waals surface area contributed by atoms with Crippen molar-refractivity contribution >= 4 is 11.9 Å². The first-order valence-corrected chi connectivity index (χ1v) is 7.48. The zero-order valence-electron chi connectivity index (χ0n) is 12.8. The van der Waals surface area contributed by atoms with Gasteiger partial charge in [-0.1, -0.05) is 24.3 Å².